The molecule has 3 aromatic carbocycles. The van der Waals surface area contributed by atoms with Gasteiger partial charge in [-0.05, 0) is 66.1 Å². The SMILES string of the molecule is COc1ccccc1NC(=O)C1=C(C)NC2=C(C(=O)C[C@H](c3ccc(OC)c(OC)c3)C2)[C@@H]1c1ccc(C(C)C)cc1. The van der Waals surface area contributed by atoms with Crippen LogP contribution in [0.25, 0.3) is 0 Å². The smallest absolute Gasteiger partial charge is 0.254 e. The van der Waals surface area contributed by atoms with Crippen LogP contribution in [0.5, 0.6) is 17.2 Å². The molecule has 3 aromatic rings. The number of Topliss-reactive ketones (excluding diaryl/α,β-unsaturated/α-hetero) is 1. The standard InChI is InChI=1S/C35H38N2O5/c1-20(2)22-11-13-23(14-12-22)33-32(35(39)37-26-9-7-8-10-29(26)40-4)21(3)36-27-17-25(18-28(38)34(27)33)24-15-16-30(41-5)31(19-24)42-6/h7-16,19-20,25,33,36H,17-18H2,1-6H3,(H,37,39)/t25-,33-/m1/s1. The number of hydrogen-bond acceptors (Lipinski definition) is 6. The zero-order valence-corrected chi connectivity index (χ0v) is 25.0. The lowest BCUT2D eigenvalue weighted by Crippen LogP contribution is -2.37. The van der Waals surface area contributed by atoms with Gasteiger partial charge in [0.05, 0.1) is 27.0 Å². The first-order valence-corrected chi connectivity index (χ1v) is 14.3. The molecular weight excluding hydrogens is 528 g/mol. The minimum absolute atomic E-state index is 0.0246. The van der Waals surface area contributed by atoms with Crippen molar-refractivity contribution in [2.75, 3.05) is 26.6 Å². The number of methoxy groups -OCH3 is 3. The topological polar surface area (TPSA) is 85.9 Å². The van der Waals surface area contributed by atoms with Gasteiger partial charge in [-0.2, -0.15) is 0 Å². The molecular formula is C35H38N2O5. The first-order valence-electron chi connectivity index (χ1n) is 14.3. The Kier molecular flexibility index (Phi) is 8.39. The molecule has 0 spiro atoms. The van der Waals surface area contributed by atoms with Crippen molar-refractivity contribution in [1.29, 1.82) is 0 Å². The molecule has 1 amide bonds. The fourth-order valence-corrected chi connectivity index (χ4v) is 6.03. The highest BCUT2D eigenvalue weighted by molar-refractivity contribution is 6.10. The second-order valence-corrected chi connectivity index (χ2v) is 11.1. The van der Waals surface area contributed by atoms with Gasteiger partial charge in [0.1, 0.15) is 5.75 Å². The molecule has 0 radical (unpaired) electrons. The van der Waals surface area contributed by atoms with Crippen molar-refractivity contribution in [2.45, 2.75) is 51.4 Å². The fraction of sp³-hybridized carbons (Fsp3) is 0.314. The third-order valence-electron chi connectivity index (χ3n) is 8.24. The quantitative estimate of drug-likeness (QED) is 0.311. The number of carbonyl (C=O) groups is 2. The maximum Gasteiger partial charge on any atom is 0.254 e. The number of amides is 1. The summed E-state index contributed by atoms with van der Waals surface area (Å²) in [6.07, 6.45) is 0.965. The van der Waals surface area contributed by atoms with Gasteiger partial charge < -0.3 is 24.8 Å². The van der Waals surface area contributed by atoms with E-state index < -0.39 is 5.92 Å². The van der Waals surface area contributed by atoms with Gasteiger partial charge in [0.25, 0.3) is 5.91 Å². The van der Waals surface area contributed by atoms with Crippen molar-refractivity contribution in [3.63, 3.8) is 0 Å². The number of ketones is 1. The molecule has 2 atom stereocenters. The Hall–Kier alpha value is -4.52. The maximum atomic E-state index is 14.1. The summed E-state index contributed by atoms with van der Waals surface area (Å²) >= 11 is 0. The highest BCUT2D eigenvalue weighted by Crippen LogP contribution is 2.46. The van der Waals surface area contributed by atoms with E-state index in [2.05, 4.69) is 36.6 Å². The molecule has 218 valence electrons. The number of rotatable bonds is 8. The molecule has 0 saturated carbocycles. The predicted octanol–water partition coefficient (Wildman–Crippen LogP) is 6.84. The molecule has 2 aliphatic rings. The van der Waals surface area contributed by atoms with E-state index in [0.717, 1.165) is 22.5 Å². The minimum atomic E-state index is -0.504. The number of benzene rings is 3. The first kappa shape index (κ1) is 29.0. The van der Waals surface area contributed by atoms with E-state index in [1.54, 1.807) is 33.5 Å². The van der Waals surface area contributed by atoms with Crippen molar-refractivity contribution in [3.8, 4) is 17.2 Å². The number of ether oxygens (including phenoxy) is 3. The Morgan fingerprint density at radius 1 is 0.857 bits per heavy atom. The van der Waals surface area contributed by atoms with Gasteiger partial charge in [-0.15, -0.1) is 0 Å². The van der Waals surface area contributed by atoms with E-state index in [1.165, 1.54) is 5.56 Å². The van der Waals surface area contributed by atoms with Crippen molar-refractivity contribution in [1.82, 2.24) is 5.32 Å². The van der Waals surface area contributed by atoms with Gasteiger partial charge in [-0.3, -0.25) is 9.59 Å². The highest BCUT2D eigenvalue weighted by atomic mass is 16.5. The summed E-state index contributed by atoms with van der Waals surface area (Å²) in [4.78, 5) is 28.0. The summed E-state index contributed by atoms with van der Waals surface area (Å²) in [7, 11) is 4.79. The lowest BCUT2D eigenvalue weighted by atomic mass is 9.71. The van der Waals surface area contributed by atoms with Crippen LogP contribution in [-0.4, -0.2) is 33.0 Å². The predicted molar refractivity (Wildman–Crippen MR) is 164 cm³/mol. The summed E-state index contributed by atoms with van der Waals surface area (Å²) < 4.78 is 16.4. The van der Waals surface area contributed by atoms with Crippen molar-refractivity contribution >= 4 is 17.4 Å². The summed E-state index contributed by atoms with van der Waals surface area (Å²) in [5.41, 5.74) is 6.45. The van der Waals surface area contributed by atoms with Crippen molar-refractivity contribution in [3.05, 3.63) is 106 Å². The third kappa shape index (κ3) is 5.51. The number of para-hydroxylation sites is 2. The van der Waals surface area contributed by atoms with Crippen LogP contribution in [0.3, 0.4) is 0 Å². The number of anilines is 1. The van der Waals surface area contributed by atoms with E-state index in [-0.39, 0.29) is 17.6 Å². The second-order valence-electron chi connectivity index (χ2n) is 11.1. The van der Waals surface area contributed by atoms with Gasteiger partial charge in [0.2, 0.25) is 0 Å². The lowest BCUT2D eigenvalue weighted by Gasteiger charge is -2.37. The summed E-state index contributed by atoms with van der Waals surface area (Å²) in [5, 5.41) is 6.50. The molecule has 2 N–H and O–H groups in total. The molecule has 1 aliphatic carbocycles. The number of nitrogens with one attached hydrogen (secondary N) is 2. The average Bonchev–Trinajstić information content (AvgIpc) is 3.00. The molecule has 0 bridgehead atoms. The van der Waals surface area contributed by atoms with Crippen LogP contribution >= 0.6 is 0 Å². The molecule has 1 heterocycles. The van der Waals surface area contributed by atoms with Crippen LogP contribution in [-0.2, 0) is 9.59 Å². The van der Waals surface area contributed by atoms with E-state index in [1.807, 2.05) is 49.4 Å². The molecule has 0 saturated heterocycles. The zero-order valence-electron chi connectivity index (χ0n) is 25.0. The zero-order chi connectivity index (χ0) is 30.0. The normalized spacial score (nSPS) is 18.4. The van der Waals surface area contributed by atoms with Gasteiger partial charge >= 0.3 is 0 Å². The number of carbonyl (C=O) groups excluding carboxylic acids is 2. The molecule has 7 heteroatoms. The fourth-order valence-electron chi connectivity index (χ4n) is 6.03. The van der Waals surface area contributed by atoms with E-state index >= 15 is 0 Å². The molecule has 0 fully saturated rings. The van der Waals surface area contributed by atoms with Crippen LogP contribution in [0.4, 0.5) is 5.69 Å². The number of hydrogen-bond donors (Lipinski definition) is 2. The van der Waals surface area contributed by atoms with E-state index in [4.69, 9.17) is 14.2 Å². The van der Waals surface area contributed by atoms with Crippen LogP contribution in [0.15, 0.2) is 89.3 Å². The van der Waals surface area contributed by atoms with Gasteiger partial charge in [0, 0.05) is 34.9 Å². The summed E-state index contributed by atoms with van der Waals surface area (Å²) in [5.74, 6) is 1.42. The number of allylic oxidation sites excluding steroid dienone is 3. The average molecular weight is 567 g/mol. The van der Waals surface area contributed by atoms with Crippen LogP contribution in [0.2, 0.25) is 0 Å². The molecule has 5 rings (SSSR count). The van der Waals surface area contributed by atoms with Crippen LogP contribution < -0.4 is 24.8 Å². The van der Waals surface area contributed by atoms with Crippen molar-refractivity contribution < 1.29 is 23.8 Å². The van der Waals surface area contributed by atoms with Gasteiger partial charge in [-0.25, -0.2) is 0 Å². The molecule has 0 aromatic heterocycles. The lowest BCUT2D eigenvalue weighted by molar-refractivity contribution is -0.116. The maximum absolute atomic E-state index is 14.1. The van der Waals surface area contributed by atoms with Gasteiger partial charge in [-0.1, -0.05) is 56.3 Å². The molecule has 0 unspecified atom stereocenters. The Bertz CT molecular complexity index is 1570. The first-order chi connectivity index (χ1) is 20.2. The van der Waals surface area contributed by atoms with E-state index in [9.17, 15) is 9.59 Å². The Balaban J connectivity index is 1.56. The summed E-state index contributed by atoms with van der Waals surface area (Å²) in [6, 6.07) is 21.4. The van der Waals surface area contributed by atoms with Gasteiger partial charge in [0.15, 0.2) is 17.3 Å². The highest BCUT2D eigenvalue weighted by Gasteiger charge is 2.41. The second kappa shape index (κ2) is 12.1. The monoisotopic (exact) mass is 566 g/mol. The Morgan fingerprint density at radius 3 is 2.19 bits per heavy atom. The molecule has 7 nitrogen and oxygen atoms in total. The molecule has 1 aliphatic heterocycles. The largest absolute Gasteiger partial charge is 0.495 e. The summed E-state index contributed by atoms with van der Waals surface area (Å²) in [6.45, 7) is 6.20. The minimum Gasteiger partial charge on any atom is -0.495 e. The van der Waals surface area contributed by atoms with Crippen LogP contribution in [0, 0.1) is 0 Å². The van der Waals surface area contributed by atoms with E-state index in [0.29, 0.717) is 52.8 Å². The van der Waals surface area contributed by atoms with Crippen molar-refractivity contribution in [2.24, 2.45) is 0 Å². The third-order valence-corrected chi connectivity index (χ3v) is 8.24. The molecule has 42 heavy (non-hydrogen) atoms. The van der Waals surface area contributed by atoms with Crippen LogP contribution in [0.1, 0.15) is 68.1 Å². The Labute approximate surface area is 247 Å². The number of dihydropyridines is 1. The Morgan fingerprint density at radius 2 is 1.52 bits per heavy atom.